The third kappa shape index (κ3) is 4.55. The highest BCUT2D eigenvalue weighted by atomic mass is 16.5. The van der Waals surface area contributed by atoms with Gasteiger partial charge in [-0.1, -0.05) is 13.3 Å². The van der Waals surface area contributed by atoms with E-state index in [-0.39, 0.29) is 11.3 Å². The summed E-state index contributed by atoms with van der Waals surface area (Å²) in [6, 6.07) is 7.99. The number of benzene rings is 1. The number of aryl methyl sites for hydroxylation is 1. The van der Waals surface area contributed by atoms with Crippen molar-refractivity contribution in [3.63, 3.8) is 0 Å². The molecule has 2 rings (SSSR count). The summed E-state index contributed by atoms with van der Waals surface area (Å²) in [6.45, 7) is 4.62. The number of pyridine rings is 1. The summed E-state index contributed by atoms with van der Waals surface area (Å²) in [5, 5.41) is 11.7. The molecule has 0 saturated carbocycles. The van der Waals surface area contributed by atoms with Gasteiger partial charge in [0.05, 0.1) is 12.2 Å². The van der Waals surface area contributed by atoms with Crippen LogP contribution < -0.4 is 10.1 Å². The van der Waals surface area contributed by atoms with Gasteiger partial charge in [-0.25, -0.2) is 4.79 Å². The smallest absolute Gasteiger partial charge is 0.335 e. The molecule has 0 fully saturated rings. The second-order valence-electron chi connectivity index (χ2n) is 5.37. The molecular weight excluding hydrogens is 308 g/mol. The molecule has 1 aromatic heterocycles. The molecule has 0 radical (unpaired) electrons. The SMILES string of the molecule is CCCCOc1ccc(NC(=O)c2cc(C(=O)O)ccn2)c(C)c1. The summed E-state index contributed by atoms with van der Waals surface area (Å²) < 4.78 is 5.62. The van der Waals surface area contributed by atoms with E-state index in [1.807, 2.05) is 13.0 Å². The summed E-state index contributed by atoms with van der Waals surface area (Å²) in [4.78, 5) is 27.1. The Morgan fingerprint density at radius 1 is 1.25 bits per heavy atom. The van der Waals surface area contributed by atoms with Crippen molar-refractivity contribution in [3.8, 4) is 5.75 Å². The summed E-state index contributed by atoms with van der Waals surface area (Å²) >= 11 is 0. The third-order valence-corrected chi connectivity index (χ3v) is 3.45. The van der Waals surface area contributed by atoms with E-state index >= 15 is 0 Å². The lowest BCUT2D eigenvalue weighted by molar-refractivity contribution is 0.0696. The molecule has 0 bridgehead atoms. The fourth-order valence-electron chi connectivity index (χ4n) is 2.07. The van der Waals surface area contributed by atoms with Gasteiger partial charge in [-0.05, 0) is 49.2 Å². The molecule has 0 atom stereocenters. The van der Waals surface area contributed by atoms with Crippen molar-refractivity contribution >= 4 is 17.6 Å². The van der Waals surface area contributed by atoms with Crippen LogP contribution in [0.25, 0.3) is 0 Å². The second-order valence-corrected chi connectivity index (χ2v) is 5.37. The summed E-state index contributed by atoms with van der Waals surface area (Å²) in [7, 11) is 0. The quantitative estimate of drug-likeness (QED) is 0.759. The minimum Gasteiger partial charge on any atom is -0.494 e. The lowest BCUT2D eigenvalue weighted by Gasteiger charge is -2.11. The van der Waals surface area contributed by atoms with E-state index in [2.05, 4.69) is 17.2 Å². The highest BCUT2D eigenvalue weighted by Crippen LogP contribution is 2.22. The number of aromatic nitrogens is 1. The number of anilines is 1. The number of nitrogens with zero attached hydrogens (tertiary/aromatic N) is 1. The highest BCUT2D eigenvalue weighted by molar-refractivity contribution is 6.04. The van der Waals surface area contributed by atoms with Gasteiger partial charge in [-0.2, -0.15) is 0 Å². The van der Waals surface area contributed by atoms with Crippen molar-refractivity contribution in [1.29, 1.82) is 0 Å². The first kappa shape index (κ1) is 17.5. The van der Waals surface area contributed by atoms with Crippen LogP contribution >= 0.6 is 0 Å². The molecule has 24 heavy (non-hydrogen) atoms. The first-order chi connectivity index (χ1) is 11.5. The Hall–Kier alpha value is -2.89. The number of ether oxygens (including phenoxy) is 1. The van der Waals surface area contributed by atoms with Crippen molar-refractivity contribution in [3.05, 3.63) is 53.3 Å². The minimum absolute atomic E-state index is 0.0199. The molecule has 2 N–H and O–H groups in total. The van der Waals surface area contributed by atoms with E-state index in [4.69, 9.17) is 9.84 Å². The van der Waals surface area contributed by atoms with Crippen LogP contribution in [0.1, 0.15) is 46.2 Å². The van der Waals surface area contributed by atoms with Crippen LogP contribution in [0.5, 0.6) is 5.75 Å². The largest absolute Gasteiger partial charge is 0.494 e. The molecule has 0 aliphatic heterocycles. The van der Waals surface area contributed by atoms with Crippen molar-refractivity contribution in [2.75, 3.05) is 11.9 Å². The second kappa shape index (κ2) is 8.10. The van der Waals surface area contributed by atoms with Gasteiger partial charge in [0.25, 0.3) is 5.91 Å². The molecular formula is C18H20N2O4. The first-order valence-corrected chi connectivity index (χ1v) is 7.75. The number of rotatable bonds is 7. The molecule has 0 spiro atoms. The predicted molar refractivity (Wildman–Crippen MR) is 90.7 cm³/mol. The van der Waals surface area contributed by atoms with Crippen molar-refractivity contribution < 1.29 is 19.4 Å². The molecule has 1 amide bonds. The van der Waals surface area contributed by atoms with Gasteiger partial charge in [-0.15, -0.1) is 0 Å². The van der Waals surface area contributed by atoms with Gasteiger partial charge in [0.2, 0.25) is 0 Å². The summed E-state index contributed by atoms with van der Waals surface area (Å²) in [5.74, 6) is -0.804. The standard InChI is InChI=1S/C18H20N2O4/c1-3-4-9-24-14-5-6-15(12(2)10-14)20-17(21)16-11-13(18(22)23)7-8-19-16/h5-8,10-11H,3-4,9H2,1-2H3,(H,20,21)(H,22,23). The van der Waals surface area contributed by atoms with Crippen molar-refractivity contribution in [2.45, 2.75) is 26.7 Å². The zero-order valence-corrected chi connectivity index (χ0v) is 13.7. The van der Waals surface area contributed by atoms with Crippen molar-refractivity contribution in [2.24, 2.45) is 0 Å². The normalized spacial score (nSPS) is 10.2. The van der Waals surface area contributed by atoms with Crippen LogP contribution in [0.4, 0.5) is 5.69 Å². The predicted octanol–water partition coefficient (Wildman–Crippen LogP) is 3.52. The minimum atomic E-state index is -1.10. The number of nitrogens with one attached hydrogen (secondary N) is 1. The van der Waals surface area contributed by atoms with Gasteiger partial charge in [0.15, 0.2) is 0 Å². The molecule has 2 aromatic rings. The molecule has 0 aliphatic carbocycles. The molecule has 0 saturated heterocycles. The van der Waals surface area contributed by atoms with Crippen LogP contribution in [-0.2, 0) is 0 Å². The Kier molecular flexibility index (Phi) is 5.89. The lowest BCUT2D eigenvalue weighted by atomic mass is 10.1. The average Bonchev–Trinajstić information content (AvgIpc) is 2.57. The highest BCUT2D eigenvalue weighted by Gasteiger charge is 2.12. The Morgan fingerprint density at radius 3 is 2.71 bits per heavy atom. The fourth-order valence-corrected chi connectivity index (χ4v) is 2.07. The van der Waals surface area contributed by atoms with E-state index in [0.717, 1.165) is 24.2 Å². The maximum Gasteiger partial charge on any atom is 0.335 e. The van der Waals surface area contributed by atoms with Crippen LogP contribution in [0.2, 0.25) is 0 Å². The van der Waals surface area contributed by atoms with E-state index in [0.29, 0.717) is 12.3 Å². The Balaban J connectivity index is 2.08. The van der Waals surface area contributed by atoms with E-state index in [1.54, 1.807) is 12.1 Å². The number of hydrogen-bond acceptors (Lipinski definition) is 4. The Labute approximate surface area is 140 Å². The maximum atomic E-state index is 12.2. The number of carbonyl (C=O) groups excluding carboxylic acids is 1. The molecule has 1 heterocycles. The van der Waals surface area contributed by atoms with Gasteiger partial charge >= 0.3 is 5.97 Å². The van der Waals surface area contributed by atoms with Crippen LogP contribution in [0, 0.1) is 6.92 Å². The summed E-state index contributed by atoms with van der Waals surface area (Å²) in [5.41, 5.74) is 1.56. The van der Waals surface area contributed by atoms with Crippen LogP contribution in [0.3, 0.4) is 0 Å². The van der Waals surface area contributed by atoms with E-state index < -0.39 is 11.9 Å². The number of amides is 1. The molecule has 6 heteroatoms. The number of hydrogen-bond donors (Lipinski definition) is 2. The molecule has 6 nitrogen and oxygen atoms in total. The van der Waals surface area contributed by atoms with Crippen molar-refractivity contribution in [1.82, 2.24) is 4.98 Å². The lowest BCUT2D eigenvalue weighted by Crippen LogP contribution is -2.15. The monoisotopic (exact) mass is 328 g/mol. The van der Waals surface area contributed by atoms with Gasteiger partial charge < -0.3 is 15.2 Å². The summed E-state index contributed by atoms with van der Waals surface area (Å²) in [6.07, 6.45) is 3.36. The Bertz CT molecular complexity index is 744. The fraction of sp³-hybridized carbons (Fsp3) is 0.278. The number of carbonyl (C=O) groups is 2. The number of unbranched alkanes of at least 4 members (excludes halogenated alkanes) is 1. The van der Waals surface area contributed by atoms with Gasteiger partial charge in [-0.3, -0.25) is 9.78 Å². The number of carboxylic acid groups (broad SMARTS) is 1. The zero-order valence-electron chi connectivity index (χ0n) is 13.7. The molecule has 0 aliphatic rings. The van der Waals surface area contributed by atoms with E-state index in [9.17, 15) is 9.59 Å². The number of aromatic carboxylic acids is 1. The van der Waals surface area contributed by atoms with Gasteiger partial charge in [0, 0.05) is 11.9 Å². The first-order valence-electron chi connectivity index (χ1n) is 7.75. The molecule has 1 aromatic carbocycles. The van der Waals surface area contributed by atoms with Crippen LogP contribution in [-0.4, -0.2) is 28.6 Å². The maximum absolute atomic E-state index is 12.2. The molecule has 126 valence electrons. The zero-order chi connectivity index (χ0) is 17.5. The number of carboxylic acids is 1. The third-order valence-electron chi connectivity index (χ3n) is 3.45. The average molecular weight is 328 g/mol. The Morgan fingerprint density at radius 2 is 2.04 bits per heavy atom. The van der Waals surface area contributed by atoms with Crippen LogP contribution in [0.15, 0.2) is 36.5 Å². The molecule has 0 unspecified atom stereocenters. The topological polar surface area (TPSA) is 88.5 Å². The van der Waals surface area contributed by atoms with E-state index in [1.165, 1.54) is 18.3 Å². The van der Waals surface area contributed by atoms with Gasteiger partial charge in [0.1, 0.15) is 11.4 Å².